The average Bonchev–Trinajstić information content (AvgIpc) is 3.00. The van der Waals surface area contributed by atoms with Crippen LogP contribution in [0.25, 0.3) is 5.69 Å². The summed E-state index contributed by atoms with van der Waals surface area (Å²) < 4.78 is 1.99. The van der Waals surface area contributed by atoms with Gasteiger partial charge in [0.2, 0.25) is 0 Å². The molecule has 0 aliphatic heterocycles. The first-order valence-corrected chi connectivity index (χ1v) is 7.24. The van der Waals surface area contributed by atoms with E-state index in [1.165, 1.54) is 18.4 Å². The molecule has 0 radical (unpaired) electrons. The second-order valence-corrected chi connectivity index (χ2v) is 4.99. The van der Waals surface area contributed by atoms with Gasteiger partial charge < -0.3 is 9.67 Å². The maximum Gasteiger partial charge on any atom is 0.0991 e. The molecule has 20 heavy (non-hydrogen) atoms. The third-order valence-electron chi connectivity index (χ3n) is 3.39. The number of aromatic nitrogens is 2. The Hall–Kier alpha value is -1.65. The Bertz CT molecular complexity index is 479. The summed E-state index contributed by atoms with van der Waals surface area (Å²) in [4.78, 5) is 6.36. The zero-order valence-electron chi connectivity index (χ0n) is 12.1. The predicted molar refractivity (Wildman–Crippen MR) is 80.8 cm³/mol. The molecule has 0 spiro atoms. The molecule has 0 unspecified atom stereocenters. The largest absolute Gasteiger partial charge is 0.395 e. The number of hydrogen-bond acceptors (Lipinski definition) is 3. The Kier molecular flexibility index (Phi) is 5.77. The van der Waals surface area contributed by atoms with Crippen molar-refractivity contribution in [2.75, 3.05) is 19.7 Å². The van der Waals surface area contributed by atoms with Crippen molar-refractivity contribution in [2.45, 2.75) is 26.3 Å². The lowest BCUT2D eigenvalue weighted by Crippen LogP contribution is -2.27. The van der Waals surface area contributed by atoms with E-state index in [2.05, 4.69) is 41.1 Å². The molecular weight excluding hydrogens is 250 g/mol. The number of aliphatic hydroxyl groups excluding tert-OH is 1. The number of unbranched alkanes of at least 4 members (excludes halogenated alkanes) is 1. The SMILES string of the molecule is CCCCN(CCO)Cc1ccc(-n2ccnc2)cc1. The quantitative estimate of drug-likeness (QED) is 0.803. The molecule has 0 saturated heterocycles. The number of nitrogens with zero attached hydrogens (tertiary/aromatic N) is 3. The molecular formula is C16H23N3O. The van der Waals surface area contributed by atoms with Crippen LogP contribution in [-0.4, -0.2) is 39.3 Å². The summed E-state index contributed by atoms with van der Waals surface area (Å²) in [6.45, 7) is 5.09. The van der Waals surface area contributed by atoms with Crippen LogP contribution >= 0.6 is 0 Å². The minimum atomic E-state index is 0.219. The first kappa shape index (κ1) is 14.8. The van der Waals surface area contributed by atoms with Crippen molar-refractivity contribution in [1.29, 1.82) is 0 Å². The second kappa shape index (κ2) is 7.82. The summed E-state index contributed by atoms with van der Waals surface area (Å²) >= 11 is 0. The van der Waals surface area contributed by atoms with Gasteiger partial charge in [0, 0.05) is 31.2 Å². The number of hydrogen-bond donors (Lipinski definition) is 1. The van der Waals surface area contributed by atoms with Crippen LogP contribution in [0.2, 0.25) is 0 Å². The molecule has 4 heteroatoms. The summed E-state index contributed by atoms with van der Waals surface area (Å²) in [5.74, 6) is 0. The van der Waals surface area contributed by atoms with Crippen molar-refractivity contribution >= 4 is 0 Å². The molecule has 0 fully saturated rings. The smallest absolute Gasteiger partial charge is 0.0991 e. The topological polar surface area (TPSA) is 41.3 Å². The average molecular weight is 273 g/mol. The Morgan fingerprint density at radius 2 is 2.00 bits per heavy atom. The zero-order valence-corrected chi connectivity index (χ0v) is 12.1. The first-order chi connectivity index (χ1) is 9.83. The Balaban J connectivity index is 1.98. The highest BCUT2D eigenvalue weighted by molar-refractivity contribution is 5.34. The molecule has 0 aliphatic carbocycles. The molecule has 0 amide bonds. The van der Waals surface area contributed by atoms with Crippen molar-refractivity contribution in [3.8, 4) is 5.69 Å². The van der Waals surface area contributed by atoms with Gasteiger partial charge in [0.1, 0.15) is 0 Å². The molecule has 2 rings (SSSR count). The van der Waals surface area contributed by atoms with Crippen LogP contribution in [-0.2, 0) is 6.54 Å². The Labute approximate surface area is 120 Å². The molecule has 2 aromatic rings. The van der Waals surface area contributed by atoms with Crippen molar-refractivity contribution in [3.05, 3.63) is 48.5 Å². The zero-order chi connectivity index (χ0) is 14.2. The van der Waals surface area contributed by atoms with E-state index < -0.39 is 0 Å². The number of imidazole rings is 1. The molecule has 1 heterocycles. The van der Waals surface area contributed by atoms with Crippen molar-refractivity contribution in [1.82, 2.24) is 14.5 Å². The van der Waals surface area contributed by atoms with Gasteiger partial charge in [0.05, 0.1) is 12.9 Å². The van der Waals surface area contributed by atoms with Gasteiger partial charge in [-0.05, 0) is 30.7 Å². The van der Waals surface area contributed by atoms with Gasteiger partial charge in [0.25, 0.3) is 0 Å². The number of rotatable bonds is 8. The number of benzene rings is 1. The van der Waals surface area contributed by atoms with Gasteiger partial charge in [-0.3, -0.25) is 4.90 Å². The predicted octanol–water partition coefficient (Wildman–Crippen LogP) is 2.47. The van der Waals surface area contributed by atoms with Crippen LogP contribution in [0.5, 0.6) is 0 Å². The van der Waals surface area contributed by atoms with Gasteiger partial charge >= 0.3 is 0 Å². The highest BCUT2D eigenvalue weighted by Gasteiger charge is 2.05. The van der Waals surface area contributed by atoms with E-state index in [0.717, 1.165) is 25.3 Å². The molecule has 1 aromatic heterocycles. The van der Waals surface area contributed by atoms with Gasteiger partial charge in [-0.15, -0.1) is 0 Å². The van der Waals surface area contributed by atoms with Gasteiger partial charge in [-0.2, -0.15) is 0 Å². The van der Waals surface area contributed by atoms with E-state index in [0.29, 0.717) is 0 Å². The van der Waals surface area contributed by atoms with E-state index in [9.17, 15) is 0 Å². The highest BCUT2D eigenvalue weighted by atomic mass is 16.3. The molecule has 0 bridgehead atoms. The van der Waals surface area contributed by atoms with Crippen LogP contribution in [0.4, 0.5) is 0 Å². The Morgan fingerprint density at radius 3 is 2.60 bits per heavy atom. The first-order valence-electron chi connectivity index (χ1n) is 7.24. The molecule has 0 saturated carbocycles. The Morgan fingerprint density at radius 1 is 1.20 bits per heavy atom. The van der Waals surface area contributed by atoms with Crippen LogP contribution in [0.15, 0.2) is 43.0 Å². The minimum absolute atomic E-state index is 0.219. The van der Waals surface area contributed by atoms with Gasteiger partial charge in [0.15, 0.2) is 0 Å². The molecule has 0 aliphatic rings. The maximum atomic E-state index is 9.13. The third-order valence-corrected chi connectivity index (χ3v) is 3.39. The van der Waals surface area contributed by atoms with Crippen molar-refractivity contribution < 1.29 is 5.11 Å². The molecule has 1 aromatic carbocycles. The highest BCUT2D eigenvalue weighted by Crippen LogP contribution is 2.11. The minimum Gasteiger partial charge on any atom is -0.395 e. The standard InChI is InChI=1S/C16H23N3O/c1-2-3-9-18(11-12-20)13-15-4-6-16(7-5-15)19-10-8-17-14-19/h4-8,10,14,20H,2-3,9,11-13H2,1H3. The fraction of sp³-hybridized carbons (Fsp3) is 0.438. The van der Waals surface area contributed by atoms with Crippen molar-refractivity contribution in [3.63, 3.8) is 0 Å². The van der Waals surface area contributed by atoms with Crippen LogP contribution in [0.1, 0.15) is 25.3 Å². The summed E-state index contributed by atoms with van der Waals surface area (Å²) in [6.07, 6.45) is 7.87. The van der Waals surface area contributed by atoms with Gasteiger partial charge in [-0.25, -0.2) is 4.98 Å². The van der Waals surface area contributed by atoms with E-state index >= 15 is 0 Å². The summed E-state index contributed by atoms with van der Waals surface area (Å²) in [5, 5.41) is 9.13. The van der Waals surface area contributed by atoms with E-state index in [1.807, 2.05) is 10.8 Å². The van der Waals surface area contributed by atoms with E-state index in [-0.39, 0.29) is 6.61 Å². The lowest BCUT2D eigenvalue weighted by molar-refractivity contribution is 0.188. The number of aliphatic hydroxyl groups is 1. The third kappa shape index (κ3) is 4.18. The summed E-state index contributed by atoms with van der Waals surface area (Å²) in [7, 11) is 0. The lowest BCUT2D eigenvalue weighted by atomic mass is 10.2. The monoisotopic (exact) mass is 273 g/mol. The van der Waals surface area contributed by atoms with Gasteiger partial charge in [-0.1, -0.05) is 25.5 Å². The van der Waals surface area contributed by atoms with Crippen LogP contribution < -0.4 is 0 Å². The molecule has 0 atom stereocenters. The van der Waals surface area contributed by atoms with Crippen molar-refractivity contribution in [2.24, 2.45) is 0 Å². The summed E-state index contributed by atoms with van der Waals surface area (Å²) in [5.41, 5.74) is 2.40. The molecule has 108 valence electrons. The fourth-order valence-electron chi connectivity index (χ4n) is 2.24. The normalized spacial score (nSPS) is 11.2. The van der Waals surface area contributed by atoms with E-state index in [1.54, 1.807) is 12.5 Å². The second-order valence-electron chi connectivity index (χ2n) is 4.99. The van der Waals surface area contributed by atoms with E-state index in [4.69, 9.17) is 5.11 Å². The molecule has 1 N–H and O–H groups in total. The fourth-order valence-corrected chi connectivity index (χ4v) is 2.24. The summed E-state index contributed by atoms with van der Waals surface area (Å²) in [6, 6.07) is 8.50. The maximum absolute atomic E-state index is 9.13. The molecule has 4 nitrogen and oxygen atoms in total. The lowest BCUT2D eigenvalue weighted by Gasteiger charge is -2.21. The van der Waals surface area contributed by atoms with Crippen LogP contribution in [0, 0.1) is 0 Å². The van der Waals surface area contributed by atoms with Crippen LogP contribution in [0.3, 0.4) is 0 Å².